The number of nitrogens with one attached hydrogen (secondary N) is 2. The zero-order valence-corrected chi connectivity index (χ0v) is 16.2. The Morgan fingerprint density at radius 1 is 1.21 bits per heavy atom. The van der Waals surface area contributed by atoms with E-state index >= 15 is 0 Å². The Bertz CT molecular complexity index is 1020. The van der Waals surface area contributed by atoms with Gasteiger partial charge in [-0.2, -0.15) is 0 Å². The maximum atomic E-state index is 13.5. The summed E-state index contributed by atoms with van der Waals surface area (Å²) in [4.78, 5) is 9.57. The van der Waals surface area contributed by atoms with E-state index in [4.69, 9.17) is 32.0 Å². The summed E-state index contributed by atoms with van der Waals surface area (Å²) in [6, 6.07) is 8.07. The van der Waals surface area contributed by atoms with E-state index in [1.165, 1.54) is 12.1 Å². The van der Waals surface area contributed by atoms with Gasteiger partial charge in [0.15, 0.2) is 0 Å². The molecule has 0 unspecified atom stereocenters. The number of nitrogen functional groups attached to an aromatic ring is 1. The van der Waals surface area contributed by atoms with E-state index in [1.54, 1.807) is 19.2 Å². The van der Waals surface area contributed by atoms with E-state index in [1.807, 2.05) is 6.07 Å². The molecule has 0 radical (unpaired) electrons. The highest BCUT2D eigenvalue weighted by molar-refractivity contribution is 6.31. The number of ether oxygens (including phenoxy) is 1. The zero-order chi connectivity index (χ0) is 19.7. The molecule has 4 N–H and O–H groups in total. The van der Waals surface area contributed by atoms with Crippen molar-refractivity contribution in [1.29, 1.82) is 0 Å². The van der Waals surface area contributed by atoms with Crippen molar-refractivity contribution in [2.45, 2.75) is 18.8 Å². The summed E-state index contributed by atoms with van der Waals surface area (Å²) in [7, 11) is 1.58. The fourth-order valence-corrected chi connectivity index (χ4v) is 3.62. The molecule has 8 heteroatoms. The van der Waals surface area contributed by atoms with E-state index in [9.17, 15) is 4.39 Å². The van der Waals surface area contributed by atoms with Crippen LogP contribution in [0.25, 0.3) is 10.9 Å². The second kappa shape index (κ2) is 7.77. The Morgan fingerprint density at radius 3 is 2.71 bits per heavy atom. The average Bonchev–Trinajstić information content (AvgIpc) is 2.71. The minimum Gasteiger partial charge on any atom is -0.495 e. The first-order chi connectivity index (χ1) is 13.5. The van der Waals surface area contributed by atoms with Gasteiger partial charge < -0.3 is 21.1 Å². The van der Waals surface area contributed by atoms with Gasteiger partial charge >= 0.3 is 0 Å². The van der Waals surface area contributed by atoms with Crippen LogP contribution in [0.1, 0.15) is 24.6 Å². The molecule has 4 rings (SSSR count). The molecule has 1 fully saturated rings. The van der Waals surface area contributed by atoms with E-state index < -0.39 is 5.82 Å². The fourth-order valence-electron chi connectivity index (χ4n) is 3.44. The molecular weight excluding hydrogens is 381 g/mol. The molecule has 28 heavy (non-hydrogen) atoms. The lowest BCUT2D eigenvalue weighted by molar-refractivity contribution is 0.417. The van der Waals surface area contributed by atoms with Crippen LogP contribution in [-0.4, -0.2) is 30.2 Å². The molecule has 3 aromatic rings. The normalized spacial score (nSPS) is 15.0. The third kappa shape index (κ3) is 3.68. The number of halogens is 2. The van der Waals surface area contributed by atoms with E-state index in [2.05, 4.69) is 10.6 Å². The Hall–Kier alpha value is -2.64. The quantitative estimate of drug-likeness (QED) is 0.567. The van der Waals surface area contributed by atoms with Gasteiger partial charge in [0.2, 0.25) is 0 Å². The average molecular weight is 402 g/mol. The van der Waals surface area contributed by atoms with E-state index in [0.717, 1.165) is 42.7 Å². The summed E-state index contributed by atoms with van der Waals surface area (Å²) < 4.78 is 18.9. The third-order valence-corrected chi connectivity index (χ3v) is 5.24. The number of nitrogens with two attached hydrogens (primary N) is 1. The summed E-state index contributed by atoms with van der Waals surface area (Å²) in [6.45, 7) is 1.88. The van der Waals surface area contributed by atoms with Crippen LogP contribution in [0.4, 0.5) is 21.6 Å². The maximum Gasteiger partial charge on any atom is 0.143 e. The van der Waals surface area contributed by atoms with Crippen LogP contribution in [-0.2, 0) is 0 Å². The Labute approximate surface area is 167 Å². The molecule has 0 bridgehead atoms. The Kier molecular flexibility index (Phi) is 5.19. The minimum absolute atomic E-state index is 0.0446. The van der Waals surface area contributed by atoms with Gasteiger partial charge in [-0.05, 0) is 50.2 Å². The second-order valence-corrected chi connectivity index (χ2v) is 7.23. The van der Waals surface area contributed by atoms with Crippen LogP contribution in [0.15, 0.2) is 30.3 Å². The smallest absolute Gasteiger partial charge is 0.143 e. The van der Waals surface area contributed by atoms with Crippen molar-refractivity contribution in [3.63, 3.8) is 0 Å². The number of fused-ring (bicyclic) bond motifs is 1. The van der Waals surface area contributed by atoms with Crippen LogP contribution in [0, 0.1) is 5.82 Å². The monoisotopic (exact) mass is 401 g/mol. The lowest BCUT2D eigenvalue weighted by Crippen LogP contribution is -2.27. The SMILES string of the molecule is COc1cc2nc(C3CCNCC3)nc(Nc3ccc(F)c(Cl)c3)c2cc1N. The first kappa shape index (κ1) is 18.7. The number of hydrogen-bond donors (Lipinski definition) is 3. The summed E-state index contributed by atoms with van der Waals surface area (Å²) in [6.07, 6.45) is 1.94. The minimum atomic E-state index is -0.468. The van der Waals surface area contributed by atoms with Crippen molar-refractivity contribution in [3.8, 4) is 5.75 Å². The molecule has 0 saturated carbocycles. The first-order valence-corrected chi connectivity index (χ1v) is 9.51. The largest absolute Gasteiger partial charge is 0.495 e. The number of anilines is 3. The van der Waals surface area contributed by atoms with Gasteiger partial charge in [-0.3, -0.25) is 0 Å². The molecule has 6 nitrogen and oxygen atoms in total. The highest BCUT2D eigenvalue weighted by atomic mass is 35.5. The van der Waals surface area contributed by atoms with E-state index in [0.29, 0.717) is 22.9 Å². The summed E-state index contributed by atoms with van der Waals surface area (Å²) in [5.41, 5.74) is 7.97. The Morgan fingerprint density at radius 2 is 2.00 bits per heavy atom. The molecule has 1 aliphatic heterocycles. The van der Waals surface area contributed by atoms with Crippen molar-refractivity contribution in [1.82, 2.24) is 15.3 Å². The number of methoxy groups -OCH3 is 1. The zero-order valence-electron chi connectivity index (χ0n) is 15.4. The van der Waals surface area contributed by atoms with Crippen molar-refractivity contribution in [2.75, 3.05) is 31.2 Å². The molecule has 1 aliphatic rings. The molecule has 2 heterocycles. The standard InChI is InChI=1S/C20H21ClFN5O/c1-28-18-10-17-13(9-16(18)23)20(25-12-2-3-15(22)14(21)8-12)27-19(26-17)11-4-6-24-7-5-11/h2-3,8-11,24H,4-7,23H2,1H3,(H,25,26,27). The third-order valence-electron chi connectivity index (χ3n) is 4.95. The number of rotatable bonds is 4. The van der Waals surface area contributed by atoms with Crippen LogP contribution < -0.4 is 21.1 Å². The molecule has 2 aromatic carbocycles. The maximum absolute atomic E-state index is 13.5. The highest BCUT2D eigenvalue weighted by Gasteiger charge is 2.21. The topological polar surface area (TPSA) is 85.1 Å². The number of piperidine rings is 1. The number of aromatic nitrogens is 2. The summed E-state index contributed by atoms with van der Waals surface area (Å²) in [5, 5.41) is 7.41. The van der Waals surface area contributed by atoms with Crippen LogP contribution in [0.2, 0.25) is 5.02 Å². The van der Waals surface area contributed by atoms with Crippen LogP contribution in [0.3, 0.4) is 0 Å². The predicted molar refractivity (Wildman–Crippen MR) is 110 cm³/mol. The van der Waals surface area contributed by atoms with Gasteiger partial charge in [-0.25, -0.2) is 14.4 Å². The molecule has 0 atom stereocenters. The van der Waals surface area contributed by atoms with Gasteiger partial charge in [-0.1, -0.05) is 11.6 Å². The van der Waals surface area contributed by atoms with Crippen molar-refractivity contribution >= 4 is 39.7 Å². The lowest BCUT2D eigenvalue weighted by Gasteiger charge is -2.22. The molecule has 1 saturated heterocycles. The van der Waals surface area contributed by atoms with Gasteiger partial charge in [0.05, 0.1) is 23.3 Å². The molecule has 0 spiro atoms. The number of benzene rings is 2. The van der Waals surface area contributed by atoms with Gasteiger partial charge in [0.1, 0.15) is 23.2 Å². The molecule has 146 valence electrons. The van der Waals surface area contributed by atoms with Crippen LogP contribution >= 0.6 is 11.6 Å². The van der Waals surface area contributed by atoms with Gasteiger partial charge in [0, 0.05) is 23.1 Å². The number of nitrogens with zero attached hydrogens (tertiary/aromatic N) is 2. The number of hydrogen-bond acceptors (Lipinski definition) is 6. The van der Waals surface area contributed by atoms with Gasteiger partial charge in [-0.15, -0.1) is 0 Å². The van der Waals surface area contributed by atoms with Crippen molar-refractivity contribution in [3.05, 3.63) is 47.0 Å². The van der Waals surface area contributed by atoms with Crippen molar-refractivity contribution in [2.24, 2.45) is 0 Å². The summed E-state index contributed by atoms with van der Waals surface area (Å²) >= 11 is 5.92. The van der Waals surface area contributed by atoms with Crippen molar-refractivity contribution < 1.29 is 9.13 Å². The first-order valence-electron chi connectivity index (χ1n) is 9.13. The Balaban J connectivity index is 1.83. The molecular formula is C20H21ClFN5O. The van der Waals surface area contributed by atoms with E-state index in [-0.39, 0.29) is 10.9 Å². The molecule has 0 aliphatic carbocycles. The summed E-state index contributed by atoms with van der Waals surface area (Å²) in [5.74, 6) is 1.75. The second-order valence-electron chi connectivity index (χ2n) is 6.82. The fraction of sp³-hybridized carbons (Fsp3) is 0.300. The predicted octanol–water partition coefficient (Wildman–Crippen LogP) is 4.22. The lowest BCUT2D eigenvalue weighted by atomic mass is 9.97. The van der Waals surface area contributed by atoms with Gasteiger partial charge in [0.25, 0.3) is 0 Å². The van der Waals surface area contributed by atoms with Crippen LogP contribution in [0.5, 0.6) is 5.75 Å². The molecule has 0 amide bonds. The molecule has 1 aromatic heterocycles. The highest BCUT2D eigenvalue weighted by Crippen LogP contribution is 2.34.